The van der Waals surface area contributed by atoms with E-state index in [0.717, 1.165) is 0 Å². The molecule has 0 aliphatic heterocycles. The van der Waals surface area contributed by atoms with Crippen LogP contribution in [0, 0.1) is 0 Å². The van der Waals surface area contributed by atoms with E-state index in [-0.39, 0.29) is 17.4 Å². The number of rotatable bonds is 3. The Kier molecular flexibility index (Phi) is 3.90. The number of anilines is 3. The van der Waals surface area contributed by atoms with Gasteiger partial charge in [0.2, 0.25) is 5.91 Å². The fourth-order valence-electron chi connectivity index (χ4n) is 1.55. The van der Waals surface area contributed by atoms with Gasteiger partial charge in [-0.1, -0.05) is 0 Å². The third-order valence-corrected chi connectivity index (χ3v) is 2.40. The molecule has 0 aliphatic carbocycles. The normalized spacial score (nSPS) is 9.85. The van der Waals surface area contributed by atoms with Crippen molar-refractivity contribution in [1.82, 2.24) is 9.97 Å². The van der Waals surface area contributed by atoms with Crippen molar-refractivity contribution in [2.75, 3.05) is 16.4 Å². The summed E-state index contributed by atoms with van der Waals surface area (Å²) >= 11 is 0. The first-order valence-electron chi connectivity index (χ1n) is 5.82. The van der Waals surface area contributed by atoms with E-state index < -0.39 is 5.91 Å². The second-order valence-electron chi connectivity index (χ2n) is 4.00. The predicted molar refractivity (Wildman–Crippen MR) is 75.1 cm³/mol. The third kappa shape index (κ3) is 3.29. The van der Waals surface area contributed by atoms with Crippen LogP contribution in [-0.2, 0) is 4.79 Å². The van der Waals surface area contributed by atoms with Crippen LogP contribution >= 0.6 is 0 Å². The van der Waals surface area contributed by atoms with Gasteiger partial charge in [-0.25, -0.2) is 9.97 Å². The van der Waals surface area contributed by atoms with Crippen LogP contribution in [-0.4, -0.2) is 21.8 Å². The van der Waals surface area contributed by atoms with Crippen molar-refractivity contribution in [2.45, 2.75) is 6.92 Å². The number of aromatic nitrogens is 2. The minimum atomic E-state index is -0.442. The lowest BCUT2D eigenvalue weighted by Gasteiger charge is -2.07. The topological polar surface area (TPSA) is 110 Å². The van der Waals surface area contributed by atoms with Gasteiger partial charge in [-0.15, -0.1) is 0 Å². The van der Waals surface area contributed by atoms with E-state index in [4.69, 9.17) is 5.73 Å². The zero-order valence-corrected chi connectivity index (χ0v) is 10.8. The van der Waals surface area contributed by atoms with Crippen molar-refractivity contribution in [3.05, 3.63) is 42.4 Å². The molecule has 2 rings (SSSR count). The molecule has 1 aromatic heterocycles. The lowest BCUT2D eigenvalue weighted by Crippen LogP contribution is -2.16. The molecule has 7 nitrogen and oxygen atoms in total. The predicted octanol–water partition coefficient (Wildman–Crippen LogP) is 1.27. The van der Waals surface area contributed by atoms with Crippen molar-refractivity contribution in [1.29, 1.82) is 0 Å². The Bertz CT molecular complexity index is 639. The van der Waals surface area contributed by atoms with Crippen LogP contribution in [0.2, 0.25) is 0 Å². The molecule has 20 heavy (non-hydrogen) atoms. The smallest absolute Gasteiger partial charge is 0.278 e. The van der Waals surface area contributed by atoms with Gasteiger partial charge < -0.3 is 16.4 Å². The molecule has 4 N–H and O–H groups in total. The summed E-state index contributed by atoms with van der Waals surface area (Å²) in [5.74, 6) is -0.531. The van der Waals surface area contributed by atoms with Crippen molar-refractivity contribution < 1.29 is 9.59 Å². The van der Waals surface area contributed by atoms with Crippen molar-refractivity contribution in [3.63, 3.8) is 0 Å². The zero-order valence-electron chi connectivity index (χ0n) is 10.8. The summed E-state index contributed by atoms with van der Waals surface area (Å²) in [5, 5.41) is 5.28. The third-order valence-electron chi connectivity index (χ3n) is 2.40. The number of carbonyl (C=O) groups excluding carboxylic acids is 2. The quantitative estimate of drug-likeness (QED) is 0.778. The molecule has 1 aromatic carbocycles. The Hall–Kier alpha value is -2.96. The molecule has 0 radical (unpaired) electrons. The SMILES string of the molecule is CC(=O)Nc1ccc(NC(=O)c2nccnc2N)cc1. The fraction of sp³-hybridized carbons (Fsp3) is 0.0769. The Morgan fingerprint density at radius 1 is 1.00 bits per heavy atom. The standard InChI is InChI=1S/C13H13N5O2/c1-8(19)17-9-2-4-10(5-3-9)18-13(20)11-12(14)16-7-6-15-11/h2-7H,1H3,(H2,14,16)(H,17,19)(H,18,20). The largest absolute Gasteiger partial charge is 0.382 e. The average molecular weight is 271 g/mol. The molecule has 0 saturated heterocycles. The number of amides is 2. The maximum atomic E-state index is 11.9. The lowest BCUT2D eigenvalue weighted by molar-refractivity contribution is -0.114. The molecule has 0 unspecified atom stereocenters. The summed E-state index contributed by atoms with van der Waals surface area (Å²) in [7, 11) is 0. The highest BCUT2D eigenvalue weighted by molar-refractivity contribution is 6.05. The van der Waals surface area contributed by atoms with Gasteiger partial charge in [-0.05, 0) is 24.3 Å². The number of nitrogens with two attached hydrogens (primary N) is 1. The van der Waals surface area contributed by atoms with E-state index in [0.29, 0.717) is 11.4 Å². The summed E-state index contributed by atoms with van der Waals surface area (Å²) in [6.45, 7) is 1.42. The van der Waals surface area contributed by atoms with Crippen LogP contribution in [0.4, 0.5) is 17.2 Å². The number of benzene rings is 1. The molecule has 0 aliphatic rings. The van der Waals surface area contributed by atoms with Crippen LogP contribution in [0.15, 0.2) is 36.7 Å². The average Bonchev–Trinajstić information content (AvgIpc) is 2.41. The van der Waals surface area contributed by atoms with Crippen LogP contribution < -0.4 is 16.4 Å². The summed E-state index contributed by atoms with van der Waals surface area (Å²) in [5.41, 5.74) is 6.85. The van der Waals surface area contributed by atoms with Gasteiger partial charge in [0.15, 0.2) is 11.5 Å². The molecule has 0 saturated carbocycles. The van der Waals surface area contributed by atoms with Gasteiger partial charge in [0.25, 0.3) is 5.91 Å². The van der Waals surface area contributed by atoms with Crippen molar-refractivity contribution in [2.24, 2.45) is 0 Å². The molecule has 2 amide bonds. The summed E-state index contributed by atoms with van der Waals surface area (Å²) in [6.07, 6.45) is 2.81. The monoisotopic (exact) mass is 271 g/mol. The van der Waals surface area contributed by atoms with Gasteiger partial charge in [-0.3, -0.25) is 9.59 Å². The molecular weight excluding hydrogens is 258 g/mol. The van der Waals surface area contributed by atoms with E-state index in [2.05, 4.69) is 20.6 Å². The maximum Gasteiger partial charge on any atom is 0.278 e. The number of hydrogen-bond acceptors (Lipinski definition) is 5. The van der Waals surface area contributed by atoms with E-state index in [1.54, 1.807) is 24.3 Å². The van der Waals surface area contributed by atoms with Crippen LogP contribution in [0.5, 0.6) is 0 Å². The Morgan fingerprint density at radius 2 is 1.55 bits per heavy atom. The molecule has 0 atom stereocenters. The highest BCUT2D eigenvalue weighted by atomic mass is 16.2. The Morgan fingerprint density at radius 3 is 2.10 bits per heavy atom. The highest BCUT2D eigenvalue weighted by Crippen LogP contribution is 2.15. The first-order chi connectivity index (χ1) is 9.56. The molecule has 0 spiro atoms. The minimum absolute atomic E-state index is 0.0680. The number of nitrogen functional groups attached to an aromatic ring is 1. The lowest BCUT2D eigenvalue weighted by atomic mass is 10.2. The van der Waals surface area contributed by atoms with E-state index in [9.17, 15) is 9.59 Å². The summed E-state index contributed by atoms with van der Waals surface area (Å²) in [4.78, 5) is 30.5. The molecule has 0 fully saturated rings. The second-order valence-corrected chi connectivity index (χ2v) is 4.00. The molecular formula is C13H13N5O2. The first kappa shape index (κ1) is 13.5. The highest BCUT2D eigenvalue weighted by Gasteiger charge is 2.11. The summed E-state index contributed by atoms with van der Waals surface area (Å²) in [6, 6.07) is 6.68. The van der Waals surface area contributed by atoms with Gasteiger partial charge in [0, 0.05) is 30.7 Å². The van der Waals surface area contributed by atoms with Gasteiger partial charge in [0.05, 0.1) is 0 Å². The van der Waals surface area contributed by atoms with Crippen LogP contribution in [0.25, 0.3) is 0 Å². The molecule has 2 aromatic rings. The second kappa shape index (κ2) is 5.79. The number of nitrogens with one attached hydrogen (secondary N) is 2. The van der Waals surface area contributed by atoms with Gasteiger partial charge in [-0.2, -0.15) is 0 Å². The van der Waals surface area contributed by atoms with Crippen LogP contribution in [0.1, 0.15) is 17.4 Å². The van der Waals surface area contributed by atoms with E-state index in [1.807, 2.05) is 0 Å². The number of carbonyl (C=O) groups is 2. The summed E-state index contributed by atoms with van der Waals surface area (Å²) < 4.78 is 0. The van der Waals surface area contributed by atoms with Crippen LogP contribution in [0.3, 0.4) is 0 Å². The number of nitrogens with zero attached hydrogens (tertiary/aromatic N) is 2. The van der Waals surface area contributed by atoms with Gasteiger partial charge >= 0.3 is 0 Å². The maximum absolute atomic E-state index is 11.9. The van der Waals surface area contributed by atoms with Crippen molar-refractivity contribution in [3.8, 4) is 0 Å². The Balaban J connectivity index is 2.09. The number of hydrogen-bond donors (Lipinski definition) is 3. The van der Waals surface area contributed by atoms with E-state index in [1.165, 1.54) is 19.3 Å². The molecule has 7 heteroatoms. The Labute approximate surface area is 115 Å². The zero-order chi connectivity index (χ0) is 14.5. The van der Waals surface area contributed by atoms with Gasteiger partial charge in [0.1, 0.15) is 0 Å². The minimum Gasteiger partial charge on any atom is -0.382 e. The fourth-order valence-corrected chi connectivity index (χ4v) is 1.55. The van der Waals surface area contributed by atoms with Crippen molar-refractivity contribution >= 4 is 29.0 Å². The first-order valence-corrected chi connectivity index (χ1v) is 5.82. The molecule has 102 valence electrons. The van der Waals surface area contributed by atoms with E-state index >= 15 is 0 Å². The molecule has 1 heterocycles. The molecule has 0 bridgehead atoms.